The zero-order valence-corrected chi connectivity index (χ0v) is 13.3. The van der Waals surface area contributed by atoms with Crippen LogP contribution < -0.4 is 14.8 Å². The van der Waals surface area contributed by atoms with Crippen LogP contribution >= 0.6 is 0 Å². The van der Waals surface area contributed by atoms with E-state index in [-0.39, 0.29) is 18.5 Å². The number of nitrogens with zero attached hydrogens (tertiary/aromatic N) is 1. The Morgan fingerprint density at radius 2 is 2.04 bits per heavy atom. The number of ether oxygens (including phenoxy) is 2. The van der Waals surface area contributed by atoms with Gasteiger partial charge in [-0.25, -0.2) is 4.39 Å². The minimum absolute atomic E-state index is 0.144. The number of aryl methyl sites for hydroxylation is 1. The van der Waals surface area contributed by atoms with Crippen LogP contribution in [0.5, 0.6) is 11.5 Å². The van der Waals surface area contributed by atoms with Crippen LogP contribution in [-0.2, 0) is 0 Å². The summed E-state index contributed by atoms with van der Waals surface area (Å²) >= 11 is 0. The summed E-state index contributed by atoms with van der Waals surface area (Å²) < 4.78 is 24.0. The van der Waals surface area contributed by atoms with Gasteiger partial charge in [0, 0.05) is 11.1 Å². The molecule has 25 heavy (non-hydrogen) atoms. The van der Waals surface area contributed by atoms with Crippen LogP contribution in [0.3, 0.4) is 0 Å². The van der Waals surface area contributed by atoms with Crippen LogP contribution in [0.2, 0.25) is 0 Å². The van der Waals surface area contributed by atoms with E-state index in [9.17, 15) is 9.18 Å². The van der Waals surface area contributed by atoms with Crippen molar-refractivity contribution in [2.75, 3.05) is 12.1 Å². The van der Waals surface area contributed by atoms with Crippen LogP contribution in [-0.4, -0.2) is 22.9 Å². The largest absolute Gasteiger partial charge is 0.454 e. The molecule has 0 fully saturated rings. The number of halogens is 1. The third-order valence-corrected chi connectivity index (χ3v) is 3.92. The smallest absolute Gasteiger partial charge is 0.255 e. The van der Waals surface area contributed by atoms with E-state index in [2.05, 4.69) is 15.5 Å². The van der Waals surface area contributed by atoms with Gasteiger partial charge in [0.2, 0.25) is 6.79 Å². The van der Waals surface area contributed by atoms with E-state index >= 15 is 0 Å². The minimum Gasteiger partial charge on any atom is -0.454 e. The number of fused-ring (bicyclic) bond motifs is 1. The molecule has 0 unspecified atom stereocenters. The van der Waals surface area contributed by atoms with Gasteiger partial charge in [-0.2, -0.15) is 5.10 Å². The molecule has 2 N–H and O–H groups in total. The van der Waals surface area contributed by atoms with Gasteiger partial charge in [-0.3, -0.25) is 9.89 Å². The highest BCUT2D eigenvalue weighted by atomic mass is 19.1. The highest BCUT2D eigenvalue weighted by molar-refractivity contribution is 6.06. The normalized spacial score (nSPS) is 12.2. The maximum atomic E-state index is 13.5. The van der Waals surface area contributed by atoms with E-state index in [1.165, 1.54) is 12.1 Å². The predicted octanol–water partition coefficient (Wildman–Crippen LogP) is 3.51. The van der Waals surface area contributed by atoms with E-state index in [1.807, 2.05) is 0 Å². The number of H-pyrrole nitrogens is 1. The molecule has 6 nitrogen and oxygen atoms in total. The van der Waals surface area contributed by atoms with Crippen molar-refractivity contribution in [1.82, 2.24) is 10.2 Å². The van der Waals surface area contributed by atoms with E-state index in [0.29, 0.717) is 39.7 Å². The second-order valence-corrected chi connectivity index (χ2v) is 5.60. The average molecular weight is 339 g/mol. The third kappa shape index (κ3) is 2.80. The van der Waals surface area contributed by atoms with Gasteiger partial charge in [0.05, 0.1) is 11.4 Å². The maximum Gasteiger partial charge on any atom is 0.255 e. The number of amides is 1. The fraction of sp³-hybridized carbons (Fsp3) is 0.111. The number of carbonyl (C=O) groups excluding carboxylic acids is 1. The predicted molar refractivity (Wildman–Crippen MR) is 89.2 cm³/mol. The van der Waals surface area contributed by atoms with Crippen molar-refractivity contribution in [2.24, 2.45) is 0 Å². The second kappa shape index (κ2) is 5.94. The Balaban J connectivity index is 1.65. The van der Waals surface area contributed by atoms with E-state index in [4.69, 9.17) is 9.47 Å². The Hall–Kier alpha value is -3.35. The van der Waals surface area contributed by atoms with Gasteiger partial charge in [-0.05, 0) is 37.3 Å². The molecule has 126 valence electrons. The van der Waals surface area contributed by atoms with Crippen molar-refractivity contribution >= 4 is 11.6 Å². The zero-order chi connectivity index (χ0) is 17.4. The van der Waals surface area contributed by atoms with Crippen molar-refractivity contribution in [3.63, 3.8) is 0 Å². The average Bonchev–Trinajstić information content (AvgIpc) is 3.21. The summed E-state index contributed by atoms with van der Waals surface area (Å²) in [5.41, 5.74) is 2.66. The molecule has 0 saturated heterocycles. The number of nitrogens with one attached hydrogen (secondary N) is 2. The zero-order valence-electron chi connectivity index (χ0n) is 13.3. The van der Waals surface area contributed by atoms with Gasteiger partial charge in [-0.15, -0.1) is 0 Å². The van der Waals surface area contributed by atoms with E-state index < -0.39 is 0 Å². The molecule has 0 atom stereocenters. The Morgan fingerprint density at radius 1 is 1.20 bits per heavy atom. The molecule has 3 aromatic rings. The quantitative estimate of drug-likeness (QED) is 0.766. The first-order valence-electron chi connectivity index (χ1n) is 7.64. The molecule has 1 aliphatic heterocycles. The van der Waals surface area contributed by atoms with Crippen molar-refractivity contribution in [1.29, 1.82) is 0 Å². The van der Waals surface area contributed by atoms with Gasteiger partial charge in [0.25, 0.3) is 5.91 Å². The molecule has 1 aliphatic rings. The van der Waals surface area contributed by atoms with E-state index in [0.717, 1.165) is 0 Å². The fourth-order valence-corrected chi connectivity index (χ4v) is 2.65. The molecule has 0 bridgehead atoms. The Labute approximate surface area is 142 Å². The molecule has 0 spiro atoms. The lowest BCUT2D eigenvalue weighted by Crippen LogP contribution is -2.12. The molecular weight excluding hydrogens is 325 g/mol. The SMILES string of the molecule is Cc1[nH]nc(-c2cccc(F)c2)c1NC(=O)c1ccc2c(c1)OCO2. The van der Waals surface area contributed by atoms with Crippen molar-refractivity contribution in [2.45, 2.75) is 6.92 Å². The van der Waals surface area contributed by atoms with Crippen molar-refractivity contribution in [3.8, 4) is 22.8 Å². The third-order valence-electron chi connectivity index (χ3n) is 3.92. The Kier molecular flexibility index (Phi) is 3.61. The molecule has 1 amide bonds. The van der Waals surface area contributed by atoms with Crippen LogP contribution in [0.25, 0.3) is 11.3 Å². The fourth-order valence-electron chi connectivity index (χ4n) is 2.65. The first-order chi connectivity index (χ1) is 12.1. The number of hydrogen-bond donors (Lipinski definition) is 2. The van der Waals surface area contributed by atoms with E-state index in [1.54, 1.807) is 37.3 Å². The van der Waals surface area contributed by atoms with Gasteiger partial charge in [0.1, 0.15) is 11.5 Å². The summed E-state index contributed by atoms with van der Waals surface area (Å²) in [6, 6.07) is 11.0. The number of anilines is 1. The monoisotopic (exact) mass is 339 g/mol. The highest BCUT2D eigenvalue weighted by Gasteiger charge is 2.19. The molecule has 0 aliphatic carbocycles. The van der Waals surface area contributed by atoms with Crippen molar-refractivity contribution in [3.05, 3.63) is 59.5 Å². The lowest BCUT2D eigenvalue weighted by molar-refractivity contribution is 0.102. The molecule has 0 radical (unpaired) electrons. The van der Waals surface area contributed by atoms with Gasteiger partial charge < -0.3 is 14.8 Å². The molecule has 7 heteroatoms. The summed E-state index contributed by atoms with van der Waals surface area (Å²) in [6.45, 7) is 1.93. The Morgan fingerprint density at radius 3 is 2.88 bits per heavy atom. The lowest BCUT2D eigenvalue weighted by Gasteiger charge is -2.08. The minimum atomic E-state index is -0.369. The maximum absolute atomic E-state index is 13.5. The number of rotatable bonds is 3. The van der Waals surface area contributed by atoms with Gasteiger partial charge in [0.15, 0.2) is 11.5 Å². The number of hydrogen-bond acceptors (Lipinski definition) is 4. The molecule has 1 aromatic heterocycles. The molecule has 0 saturated carbocycles. The molecule has 2 heterocycles. The molecular formula is C18H14FN3O3. The summed E-state index contributed by atoms with van der Waals surface area (Å²) in [5.74, 6) is 0.449. The number of aromatic amines is 1. The topological polar surface area (TPSA) is 76.2 Å². The van der Waals surface area contributed by atoms with Crippen LogP contribution in [0, 0.1) is 12.7 Å². The number of aromatic nitrogens is 2. The standard InChI is InChI=1S/C18H14FN3O3/c1-10-16(17(22-21-10)11-3-2-4-13(19)7-11)20-18(23)12-5-6-14-15(8-12)25-9-24-14/h2-8H,9H2,1H3,(H,20,23)(H,21,22). The number of benzene rings is 2. The lowest BCUT2D eigenvalue weighted by atomic mass is 10.1. The van der Waals surface area contributed by atoms with Gasteiger partial charge in [-0.1, -0.05) is 12.1 Å². The first kappa shape index (κ1) is 15.2. The molecule has 4 rings (SSSR count). The van der Waals surface area contributed by atoms with Crippen LogP contribution in [0.4, 0.5) is 10.1 Å². The summed E-state index contributed by atoms with van der Waals surface area (Å²) in [5, 5.41) is 9.84. The summed E-state index contributed by atoms with van der Waals surface area (Å²) in [7, 11) is 0. The summed E-state index contributed by atoms with van der Waals surface area (Å²) in [4.78, 5) is 12.6. The highest BCUT2D eigenvalue weighted by Crippen LogP contribution is 2.33. The van der Waals surface area contributed by atoms with Gasteiger partial charge >= 0.3 is 0 Å². The van der Waals surface area contributed by atoms with Crippen LogP contribution in [0.1, 0.15) is 16.1 Å². The first-order valence-corrected chi connectivity index (χ1v) is 7.64. The molecule has 2 aromatic carbocycles. The second-order valence-electron chi connectivity index (χ2n) is 5.60. The van der Waals surface area contributed by atoms with Crippen molar-refractivity contribution < 1.29 is 18.7 Å². The number of carbonyl (C=O) groups is 1. The summed E-state index contributed by atoms with van der Waals surface area (Å²) in [6.07, 6.45) is 0. The van der Waals surface area contributed by atoms with Crippen LogP contribution in [0.15, 0.2) is 42.5 Å². The Bertz CT molecular complexity index is 968.